The van der Waals surface area contributed by atoms with Gasteiger partial charge in [-0.1, -0.05) is 13.8 Å². The monoisotopic (exact) mass is 295 g/mol. The van der Waals surface area contributed by atoms with Crippen LogP contribution < -0.4 is 5.32 Å². The number of carbonyl (C=O) groups excluding carboxylic acids is 1. The second kappa shape index (κ2) is 7.07. The first-order valence-corrected chi connectivity index (χ1v) is 7.67. The van der Waals surface area contributed by atoms with Crippen LogP contribution in [0.3, 0.4) is 0 Å². The summed E-state index contributed by atoms with van der Waals surface area (Å²) >= 11 is 0. The molecule has 1 unspecified atom stereocenters. The first-order valence-electron chi connectivity index (χ1n) is 7.67. The molecule has 5 nitrogen and oxygen atoms in total. The lowest BCUT2D eigenvalue weighted by molar-refractivity contribution is 0.0674. The van der Waals surface area contributed by atoms with Crippen molar-refractivity contribution in [3.8, 4) is 0 Å². The number of nitrogens with one attached hydrogen (secondary N) is 1. The summed E-state index contributed by atoms with van der Waals surface area (Å²) < 4.78 is 1.63. The summed E-state index contributed by atoms with van der Waals surface area (Å²) in [5.74, 6) is 0.217. The van der Waals surface area contributed by atoms with Gasteiger partial charge in [0, 0.05) is 13.1 Å². The molecule has 1 atom stereocenters. The molecular weight excluding hydrogens is 266 g/mol. The molecule has 1 heterocycles. The molecule has 0 aliphatic heterocycles. The second-order valence-electron chi connectivity index (χ2n) is 6.81. The van der Waals surface area contributed by atoms with Gasteiger partial charge in [0.25, 0.3) is 5.91 Å². The number of amides is 1. The van der Waals surface area contributed by atoms with Gasteiger partial charge in [0.05, 0.1) is 11.3 Å². The first kappa shape index (κ1) is 17.7. The highest BCUT2D eigenvalue weighted by molar-refractivity contribution is 5.92. The third-order valence-electron chi connectivity index (χ3n) is 3.53. The van der Waals surface area contributed by atoms with Crippen molar-refractivity contribution in [2.45, 2.75) is 71.4 Å². The summed E-state index contributed by atoms with van der Waals surface area (Å²) in [7, 11) is 1.79. The van der Waals surface area contributed by atoms with Gasteiger partial charge in [-0.2, -0.15) is 5.10 Å². The van der Waals surface area contributed by atoms with Crippen molar-refractivity contribution in [3.05, 3.63) is 17.5 Å². The van der Waals surface area contributed by atoms with Gasteiger partial charge in [0.2, 0.25) is 0 Å². The zero-order chi connectivity index (χ0) is 16.2. The third kappa shape index (κ3) is 5.87. The van der Waals surface area contributed by atoms with E-state index in [0.717, 1.165) is 25.0 Å². The molecule has 21 heavy (non-hydrogen) atoms. The number of hydrogen-bond acceptors (Lipinski definition) is 3. The number of aryl methyl sites for hydroxylation is 1. The number of nitrogens with zero attached hydrogens (tertiary/aromatic N) is 2. The van der Waals surface area contributed by atoms with Gasteiger partial charge in [0.1, 0.15) is 5.69 Å². The molecule has 1 rings (SSSR count). The fourth-order valence-electron chi connectivity index (χ4n) is 2.19. The molecule has 0 aliphatic rings. The SMILES string of the molecule is CC(CCCC(C)(C)O)NC(=O)c1cc(C(C)C)nn1C. The van der Waals surface area contributed by atoms with Gasteiger partial charge < -0.3 is 10.4 Å². The Kier molecular flexibility index (Phi) is 5.96. The molecule has 0 radical (unpaired) electrons. The second-order valence-corrected chi connectivity index (χ2v) is 6.81. The summed E-state index contributed by atoms with van der Waals surface area (Å²) in [5, 5.41) is 17.0. The summed E-state index contributed by atoms with van der Waals surface area (Å²) in [4.78, 5) is 12.3. The van der Waals surface area contributed by atoms with Gasteiger partial charge in [0.15, 0.2) is 0 Å². The van der Waals surface area contributed by atoms with Crippen LogP contribution in [0.25, 0.3) is 0 Å². The van der Waals surface area contributed by atoms with E-state index < -0.39 is 5.60 Å². The Morgan fingerprint density at radius 1 is 1.43 bits per heavy atom. The van der Waals surface area contributed by atoms with E-state index in [9.17, 15) is 9.90 Å². The van der Waals surface area contributed by atoms with Gasteiger partial charge in [-0.05, 0) is 52.0 Å². The van der Waals surface area contributed by atoms with Crippen LogP contribution in [0.5, 0.6) is 0 Å². The smallest absolute Gasteiger partial charge is 0.269 e. The molecule has 1 aromatic rings. The summed E-state index contributed by atoms with van der Waals surface area (Å²) in [6, 6.07) is 1.93. The third-order valence-corrected chi connectivity index (χ3v) is 3.53. The van der Waals surface area contributed by atoms with Crippen LogP contribution in [0.1, 0.15) is 76.0 Å². The average Bonchev–Trinajstić information content (AvgIpc) is 2.69. The lowest BCUT2D eigenvalue weighted by Gasteiger charge is -2.19. The van der Waals surface area contributed by atoms with E-state index >= 15 is 0 Å². The van der Waals surface area contributed by atoms with Gasteiger partial charge in [-0.3, -0.25) is 9.48 Å². The molecular formula is C16H29N3O2. The maximum atomic E-state index is 12.3. The Morgan fingerprint density at radius 2 is 2.05 bits per heavy atom. The first-order chi connectivity index (χ1) is 9.60. The van der Waals surface area contributed by atoms with Crippen molar-refractivity contribution in [2.75, 3.05) is 0 Å². The number of rotatable bonds is 7. The number of hydrogen-bond donors (Lipinski definition) is 2. The van der Waals surface area contributed by atoms with Crippen molar-refractivity contribution >= 4 is 5.91 Å². The normalized spacial score (nSPS) is 13.5. The molecule has 0 spiro atoms. The van der Waals surface area contributed by atoms with Crippen molar-refractivity contribution in [1.29, 1.82) is 0 Å². The molecule has 2 N–H and O–H groups in total. The molecule has 0 aromatic carbocycles. The number of carbonyl (C=O) groups is 1. The minimum absolute atomic E-state index is 0.0808. The highest BCUT2D eigenvalue weighted by Gasteiger charge is 2.17. The Labute approximate surface area is 127 Å². The van der Waals surface area contributed by atoms with Crippen LogP contribution in [-0.2, 0) is 7.05 Å². The fourth-order valence-corrected chi connectivity index (χ4v) is 2.19. The van der Waals surface area contributed by atoms with Gasteiger partial charge >= 0.3 is 0 Å². The Balaban J connectivity index is 2.53. The van der Waals surface area contributed by atoms with Crippen molar-refractivity contribution in [1.82, 2.24) is 15.1 Å². The van der Waals surface area contributed by atoms with Crippen LogP contribution in [0.2, 0.25) is 0 Å². The molecule has 0 aliphatic carbocycles. The fraction of sp³-hybridized carbons (Fsp3) is 0.750. The highest BCUT2D eigenvalue weighted by Crippen LogP contribution is 2.15. The summed E-state index contributed by atoms with van der Waals surface area (Å²) in [6.45, 7) is 9.72. The maximum absolute atomic E-state index is 12.3. The largest absolute Gasteiger partial charge is 0.390 e. The van der Waals surface area contributed by atoms with E-state index in [2.05, 4.69) is 24.3 Å². The molecule has 0 fully saturated rings. The van der Waals surface area contributed by atoms with E-state index in [1.54, 1.807) is 25.6 Å². The van der Waals surface area contributed by atoms with E-state index in [4.69, 9.17) is 0 Å². The van der Waals surface area contributed by atoms with Gasteiger partial charge in [-0.15, -0.1) is 0 Å². The van der Waals surface area contributed by atoms with E-state index in [1.165, 1.54) is 0 Å². The highest BCUT2D eigenvalue weighted by atomic mass is 16.3. The minimum Gasteiger partial charge on any atom is -0.390 e. The molecule has 1 aromatic heterocycles. The molecule has 5 heteroatoms. The van der Waals surface area contributed by atoms with E-state index in [1.807, 2.05) is 13.0 Å². The zero-order valence-electron chi connectivity index (χ0n) is 14.1. The molecule has 1 amide bonds. The Morgan fingerprint density at radius 3 is 2.52 bits per heavy atom. The average molecular weight is 295 g/mol. The topological polar surface area (TPSA) is 67.2 Å². The van der Waals surface area contributed by atoms with Crippen LogP contribution in [0.4, 0.5) is 0 Å². The molecule has 120 valence electrons. The summed E-state index contributed by atoms with van der Waals surface area (Å²) in [6.07, 6.45) is 2.47. The molecule has 0 bridgehead atoms. The van der Waals surface area contributed by atoms with Crippen molar-refractivity contribution < 1.29 is 9.90 Å². The van der Waals surface area contributed by atoms with E-state index in [-0.39, 0.29) is 11.9 Å². The van der Waals surface area contributed by atoms with Crippen molar-refractivity contribution in [2.24, 2.45) is 7.05 Å². The standard InChI is InChI=1S/C16H29N3O2/c1-11(2)13-10-14(19(6)18-13)15(20)17-12(3)8-7-9-16(4,5)21/h10-12,21H,7-9H2,1-6H3,(H,17,20). The maximum Gasteiger partial charge on any atom is 0.269 e. The zero-order valence-corrected chi connectivity index (χ0v) is 14.1. The molecule has 0 saturated carbocycles. The lowest BCUT2D eigenvalue weighted by atomic mass is 10.00. The molecule has 0 saturated heterocycles. The van der Waals surface area contributed by atoms with E-state index in [0.29, 0.717) is 11.6 Å². The predicted molar refractivity (Wildman–Crippen MR) is 84.4 cm³/mol. The number of aliphatic hydroxyl groups is 1. The van der Waals surface area contributed by atoms with Crippen LogP contribution in [0.15, 0.2) is 6.07 Å². The quantitative estimate of drug-likeness (QED) is 0.812. The van der Waals surface area contributed by atoms with Crippen LogP contribution in [-0.4, -0.2) is 32.4 Å². The summed E-state index contributed by atoms with van der Waals surface area (Å²) in [5.41, 5.74) is 0.878. The predicted octanol–water partition coefficient (Wildman–Crippen LogP) is 2.60. The Bertz CT molecular complexity index is 472. The van der Waals surface area contributed by atoms with Gasteiger partial charge in [-0.25, -0.2) is 0 Å². The lowest BCUT2D eigenvalue weighted by Crippen LogP contribution is -2.34. The Hall–Kier alpha value is -1.36. The van der Waals surface area contributed by atoms with Crippen LogP contribution in [0, 0.1) is 0 Å². The van der Waals surface area contributed by atoms with Crippen LogP contribution >= 0.6 is 0 Å². The van der Waals surface area contributed by atoms with Crippen molar-refractivity contribution in [3.63, 3.8) is 0 Å². The number of aromatic nitrogens is 2. The minimum atomic E-state index is -0.641.